The number of aliphatic hydroxyl groups excluding tert-OH is 1. The summed E-state index contributed by atoms with van der Waals surface area (Å²) < 4.78 is 26.8. The van der Waals surface area contributed by atoms with Gasteiger partial charge >= 0.3 is 13.8 Å². The van der Waals surface area contributed by atoms with Crippen molar-refractivity contribution in [1.82, 2.24) is 5.32 Å². The van der Waals surface area contributed by atoms with Crippen molar-refractivity contribution < 1.29 is 37.9 Å². The largest absolute Gasteiger partial charge is 0.472 e. The van der Waals surface area contributed by atoms with E-state index in [0.717, 1.165) is 89.9 Å². The lowest BCUT2D eigenvalue weighted by molar-refractivity contribution is -0.147. The van der Waals surface area contributed by atoms with Gasteiger partial charge in [0.05, 0.1) is 13.2 Å². The van der Waals surface area contributed by atoms with Gasteiger partial charge in [-0.1, -0.05) is 127 Å². The van der Waals surface area contributed by atoms with Crippen molar-refractivity contribution in [2.75, 3.05) is 26.4 Å². The first-order valence-corrected chi connectivity index (χ1v) is 21.1. The molecule has 0 bridgehead atoms. The highest BCUT2D eigenvalue weighted by Crippen LogP contribution is 2.42. The van der Waals surface area contributed by atoms with Crippen molar-refractivity contribution in [3.8, 4) is 0 Å². The van der Waals surface area contributed by atoms with E-state index < -0.39 is 26.5 Å². The van der Waals surface area contributed by atoms with E-state index in [0.29, 0.717) is 6.42 Å². The van der Waals surface area contributed by atoms with Crippen molar-refractivity contribution in [3.63, 3.8) is 0 Å². The Morgan fingerprint density at radius 1 is 0.620 bits per heavy atom. The predicted molar refractivity (Wildman–Crippen MR) is 206 cm³/mol. The lowest BCUT2D eigenvalue weighted by Crippen LogP contribution is -2.27. The van der Waals surface area contributed by atoms with Gasteiger partial charge in [0, 0.05) is 19.4 Å². The number of carbonyl (C=O) groups excluding carboxylic acids is 2. The first-order chi connectivity index (χ1) is 24.3. The van der Waals surface area contributed by atoms with Crippen LogP contribution < -0.4 is 5.32 Å². The fourth-order valence-electron chi connectivity index (χ4n) is 4.95. The minimum Gasteiger partial charge on any atom is -0.463 e. The summed E-state index contributed by atoms with van der Waals surface area (Å²) in [6.07, 6.45) is 40.3. The van der Waals surface area contributed by atoms with Gasteiger partial charge < -0.3 is 20.1 Å². The molecule has 0 spiro atoms. The topological polar surface area (TPSA) is 131 Å². The molecule has 0 fully saturated rings. The SMILES string of the molecule is CCCC/C=C\C/C=C\CCCCCCCC(=O)NCCOP(=O)(O)OCC(O)COC(=O)CCCCCCC/C=C\C/C=C\CCCCC. The van der Waals surface area contributed by atoms with E-state index in [9.17, 15) is 24.2 Å². The minimum absolute atomic E-state index is 0.0706. The molecule has 0 aliphatic heterocycles. The summed E-state index contributed by atoms with van der Waals surface area (Å²) in [6, 6.07) is 0. The third-order valence-electron chi connectivity index (χ3n) is 7.98. The summed E-state index contributed by atoms with van der Waals surface area (Å²) in [7, 11) is -4.42. The van der Waals surface area contributed by atoms with Gasteiger partial charge in [0.2, 0.25) is 5.91 Å². The van der Waals surface area contributed by atoms with Gasteiger partial charge in [0.15, 0.2) is 0 Å². The summed E-state index contributed by atoms with van der Waals surface area (Å²) >= 11 is 0. The van der Waals surface area contributed by atoms with Crippen LogP contribution in [0.3, 0.4) is 0 Å². The van der Waals surface area contributed by atoms with Gasteiger partial charge in [-0.3, -0.25) is 18.6 Å². The molecule has 0 heterocycles. The normalized spacial score (nSPS) is 13.9. The van der Waals surface area contributed by atoms with E-state index in [-0.39, 0.29) is 32.1 Å². The van der Waals surface area contributed by atoms with Gasteiger partial charge in [-0.25, -0.2) is 4.57 Å². The van der Waals surface area contributed by atoms with E-state index in [1.807, 2.05) is 0 Å². The Morgan fingerprint density at radius 3 is 1.66 bits per heavy atom. The Kier molecular flexibility index (Phi) is 35.3. The number of allylic oxidation sites excluding steroid dienone is 8. The van der Waals surface area contributed by atoms with Crippen LogP contribution in [0.5, 0.6) is 0 Å². The van der Waals surface area contributed by atoms with Crippen LogP contribution in [0.25, 0.3) is 0 Å². The van der Waals surface area contributed by atoms with Crippen LogP contribution in [0, 0.1) is 0 Å². The van der Waals surface area contributed by atoms with E-state index in [4.69, 9.17) is 13.8 Å². The first kappa shape index (κ1) is 48.0. The zero-order valence-electron chi connectivity index (χ0n) is 31.6. The first-order valence-electron chi connectivity index (χ1n) is 19.6. The monoisotopic (exact) mass is 725 g/mol. The molecule has 3 N–H and O–H groups in total. The second-order valence-electron chi connectivity index (χ2n) is 12.9. The molecule has 0 saturated carbocycles. The molecule has 2 atom stereocenters. The van der Waals surface area contributed by atoms with E-state index in [1.165, 1.54) is 44.9 Å². The maximum atomic E-state index is 12.1. The molecule has 9 nitrogen and oxygen atoms in total. The highest BCUT2D eigenvalue weighted by Gasteiger charge is 2.23. The molecule has 0 aromatic rings. The van der Waals surface area contributed by atoms with Gasteiger partial charge in [-0.15, -0.1) is 0 Å². The molecule has 0 radical (unpaired) electrons. The molecule has 0 aliphatic rings. The molecule has 1 amide bonds. The van der Waals surface area contributed by atoms with E-state index in [1.54, 1.807) is 0 Å². The Bertz CT molecular complexity index is 965. The number of aliphatic hydroxyl groups is 1. The summed E-state index contributed by atoms with van der Waals surface area (Å²) in [5.74, 6) is -0.548. The van der Waals surface area contributed by atoms with Crippen LogP contribution >= 0.6 is 7.82 Å². The zero-order chi connectivity index (χ0) is 36.8. The number of rotatable bonds is 36. The quantitative estimate of drug-likeness (QED) is 0.0252. The molecule has 0 aliphatic carbocycles. The Labute approximate surface area is 305 Å². The Hall–Kier alpha value is -2.03. The smallest absolute Gasteiger partial charge is 0.463 e. The van der Waals surface area contributed by atoms with Gasteiger partial charge in [-0.2, -0.15) is 0 Å². The summed E-state index contributed by atoms with van der Waals surface area (Å²) in [5.41, 5.74) is 0. The summed E-state index contributed by atoms with van der Waals surface area (Å²) in [5, 5.41) is 12.6. The average Bonchev–Trinajstić information content (AvgIpc) is 3.10. The number of hydrogen-bond donors (Lipinski definition) is 3. The number of amides is 1. The second kappa shape index (κ2) is 36.8. The molecule has 0 saturated heterocycles. The van der Waals surface area contributed by atoms with Crippen molar-refractivity contribution in [2.45, 2.75) is 168 Å². The minimum atomic E-state index is -4.42. The van der Waals surface area contributed by atoms with Gasteiger partial charge in [0.25, 0.3) is 0 Å². The highest BCUT2D eigenvalue weighted by molar-refractivity contribution is 7.47. The Balaban J connectivity index is 3.67. The van der Waals surface area contributed by atoms with Crippen molar-refractivity contribution in [1.29, 1.82) is 0 Å². The second-order valence-corrected chi connectivity index (χ2v) is 14.3. The number of hydrogen-bond acceptors (Lipinski definition) is 7. The molecule has 0 aromatic carbocycles. The van der Waals surface area contributed by atoms with E-state index >= 15 is 0 Å². The molecule has 0 rings (SSSR count). The molecule has 290 valence electrons. The third-order valence-corrected chi connectivity index (χ3v) is 8.97. The standard InChI is InChI=1S/C40H72NO8P/c1-3-5-7-9-11-13-15-17-19-21-23-25-27-29-31-33-40(44)47-36-38(42)37-49-50(45,46)48-35-34-41-39(43)32-30-28-26-24-22-20-18-16-14-12-10-8-6-4-2/h10-13,16-19,38,42H,3-9,14-15,20-37H2,1-2H3,(H,41,43)(H,45,46)/b12-10-,13-11-,18-16-,19-17-. The van der Waals surface area contributed by atoms with Crippen molar-refractivity contribution in [3.05, 3.63) is 48.6 Å². The number of esters is 1. The van der Waals surface area contributed by atoms with Gasteiger partial charge in [-0.05, 0) is 70.6 Å². The predicted octanol–water partition coefficient (Wildman–Crippen LogP) is 10.4. The maximum Gasteiger partial charge on any atom is 0.472 e. The van der Waals surface area contributed by atoms with Crippen LogP contribution in [0.2, 0.25) is 0 Å². The lowest BCUT2D eigenvalue weighted by atomic mass is 10.1. The molecule has 0 aromatic heterocycles. The molecular formula is C40H72NO8P. The maximum absolute atomic E-state index is 12.1. The molecule has 2 unspecified atom stereocenters. The van der Waals surface area contributed by atoms with Crippen molar-refractivity contribution in [2.24, 2.45) is 0 Å². The van der Waals surface area contributed by atoms with E-state index in [2.05, 4.69) is 67.8 Å². The van der Waals surface area contributed by atoms with Crippen LogP contribution in [-0.4, -0.2) is 54.3 Å². The molecule has 10 heteroatoms. The van der Waals surface area contributed by atoms with Gasteiger partial charge in [0.1, 0.15) is 12.7 Å². The fraction of sp³-hybridized carbons (Fsp3) is 0.750. The fourth-order valence-corrected chi connectivity index (χ4v) is 5.71. The third kappa shape index (κ3) is 37.2. The summed E-state index contributed by atoms with van der Waals surface area (Å²) in [6.45, 7) is 3.43. The van der Waals surface area contributed by atoms with Crippen LogP contribution in [0.4, 0.5) is 0 Å². The summed E-state index contributed by atoms with van der Waals surface area (Å²) in [4.78, 5) is 33.8. The number of nitrogens with one attached hydrogen (secondary N) is 1. The van der Waals surface area contributed by atoms with Crippen LogP contribution in [0.15, 0.2) is 48.6 Å². The number of unbranched alkanes of at least 4 members (excludes halogenated alkanes) is 15. The van der Waals surface area contributed by atoms with Crippen molar-refractivity contribution >= 4 is 19.7 Å². The average molecular weight is 726 g/mol. The molecule has 50 heavy (non-hydrogen) atoms. The highest BCUT2D eigenvalue weighted by atomic mass is 31.2. The zero-order valence-corrected chi connectivity index (χ0v) is 32.5. The molecular weight excluding hydrogens is 653 g/mol. The van der Waals surface area contributed by atoms with Crippen LogP contribution in [0.1, 0.15) is 162 Å². The number of carbonyl (C=O) groups is 2. The number of phosphoric ester groups is 1. The number of phosphoric acid groups is 1. The lowest BCUT2D eigenvalue weighted by Gasteiger charge is -2.15. The number of ether oxygens (including phenoxy) is 1. The Morgan fingerprint density at radius 2 is 1.10 bits per heavy atom. The van der Waals surface area contributed by atoms with Crippen LogP contribution in [-0.2, 0) is 27.9 Å².